The number of hydrogen-bond acceptors (Lipinski definition) is 2. The summed E-state index contributed by atoms with van der Waals surface area (Å²) in [6.45, 7) is 5.62. The lowest BCUT2D eigenvalue weighted by Gasteiger charge is -2.33. The van der Waals surface area contributed by atoms with Gasteiger partial charge in [0.25, 0.3) is 0 Å². The maximum Gasteiger partial charge on any atom is 0.123 e. The van der Waals surface area contributed by atoms with Gasteiger partial charge in [0, 0.05) is 6.04 Å². The van der Waals surface area contributed by atoms with Gasteiger partial charge in [-0.25, -0.2) is 4.39 Å². The molecule has 1 heterocycles. The Kier molecular flexibility index (Phi) is 5.34. The molecule has 1 aliphatic rings. The van der Waals surface area contributed by atoms with Crippen LogP contribution < -0.4 is 5.32 Å². The summed E-state index contributed by atoms with van der Waals surface area (Å²) in [5, 5.41) is 3.59. The molecule has 2 nitrogen and oxygen atoms in total. The van der Waals surface area contributed by atoms with E-state index in [1.54, 1.807) is 12.1 Å². The highest BCUT2D eigenvalue weighted by Crippen LogP contribution is 2.19. The molecule has 0 amide bonds. The van der Waals surface area contributed by atoms with Crippen LogP contribution in [0.2, 0.25) is 0 Å². The molecule has 0 aromatic heterocycles. The minimum absolute atomic E-state index is 0.138. The standard InChI is InChI=1S/C16H25FN2/c1-13(15-7-10-19(2)11-8-15)18-9-6-14-4-3-5-16(17)12-14/h3-5,12-13,15,18H,6-11H2,1-2H3. The van der Waals surface area contributed by atoms with Gasteiger partial charge in [0.15, 0.2) is 0 Å². The van der Waals surface area contributed by atoms with Gasteiger partial charge >= 0.3 is 0 Å². The second kappa shape index (κ2) is 7.01. The lowest BCUT2D eigenvalue weighted by molar-refractivity contribution is 0.190. The Morgan fingerprint density at radius 1 is 1.37 bits per heavy atom. The smallest absolute Gasteiger partial charge is 0.123 e. The second-order valence-electron chi connectivity index (χ2n) is 5.76. The Morgan fingerprint density at radius 2 is 2.11 bits per heavy atom. The van der Waals surface area contributed by atoms with Gasteiger partial charge in [0.1, 0.15) is 5.82 Å². The molecule has 1 saturated heterocycles. The van der Waals surface area contributed by atoms with Gasteiger partial charge in [0.05, 0.1) is 0 Å². The monoisotopic (exact) mass is 264 g/mol. The molecule has 1 unspecified atom stereocenters. The summed E-state index contributed by atoms with van der Waals surface area (Å²) in [6, 6.07) is 7.46. The molecule has 0 aliphatic carbocycles. The van der Waals surface area contributed by atoms with E-state index in [-0.39, 0.29) is 5.82 Å². The summed E-state index contributed by atoms with van der Waals surface area (Å²) < 4.78 is 13.1. The van der Waals surface area contributed by atoms with Crippen LogP contribution in [0.1, 0.15) is 25.3 Å². The van der Waals surface area contributed by atoms with Crippen molar-refractivity contribution >= 4 is 0 Å². The third-order valence-electron chi connectivity index (χ3n) is 4.24. The van der Waals surface area contributed by atoms with E-state index in [4.69, 9.17) is 0 Å². The maximum atomic E-state index is 13.1. The molecule has 106 valence electrons. The van der Waals surface area contributed by atoms with E-state index >= 15 is 0 Å². The minimum Gasteiger partial charge on any atom is -0.314 e. The highest BCUT2D eigenvalue weighted by atomic mass is 19.1. The number of likely N-dealkylation sites (tertiary alicyclic amines) is 1. The normalized spacial score (nSPS) is 19.5. The largest absolute Gasteiger partial charge is 0.314 e. The van der Waals surface area contributed by atoms with Crippen molar-refractivity contribution in [2.75, 3.05) is 26.7 Å². The molecule has 2 rings (SSSR count). The molecule has 0 saturated carbocycles. The molecule has 1 fully saturated rings. The average Bonchev–Trinajstić information content (AvgIpc) is 2.39. The van der Waals surface area contributed by atoms with Crippen LogP contribution >= 0.6 is 0 Å². The molecular formula is C16H25FN2. The number of piperidine rings is 1. The zero-order chi connectivity index (χ0) is 13.7. The lowest BCUT2D eigenvalue weighted by atomic mass is 9.90. The van der Waals surface area contributed by atoms with Crippen molar-refractivity contribution in [2.45, 2.75) is 32.2 Å². The van der Waals surface area contributed by atoms with E-state index in [1.165, 1.54) is 32.0 Å². The van der Waals surface area contributed by atoms with Gasteiger partial charge in [-0.15, -0.1) is 0 Å². The minimum atomic E-state index is -0.138. The third kappa shape index (κ3) is 4.59. The molecule has 3 heteroatoms. The van der Waals surface area contributed by atoms with Crippen molar-refractivity contribution in [2.24, 2.45) is 5.92 Å². The predicted octanol–water partition coefficient (Wildman–Crippen LogP) is 2.69. The first-order valence-corrected chi connectivity index (χ1v) is 7.31. The van der Waals surface area contributed by atoms with Crippen molar-refractivity contribution < 1.29 is 4.39 Å². The number of rotatable bonds is 5. The Morgan fingerprint density at radius 3 is 2.79 bits per heavy atom. The summed E-state index contributed by atoms with van der Waals surface area (Å²) >= 11 is 0. The summed E-state index contributed by atoms with van der Waals surface area (Å²) in [5.41, 5.74) is 1.07. The molecule has 1 atom stereocenters. The van der Waals surface area contributed by atoms with E-state index in [9.17, 15) is 4.39 Å². The van der Waals surface area contributed by atoms with E-state index in [0.29, 0.717) is 6.04 Å². The number of nitrogens with zero attached hydrogens (tertiary/aromatic N) is 1. The van der Waals surface area contributed by atoms with Crippen molar-refractivity contribution in [3.63, 3.8) is 0 Å². The summed E-state index contributed by atoms with van der Waals surface area (Å²) in [5.74, 6) is 0.643. The number of benzene rings is 1. The van der Waals surface area contributed by atoms with Gasteiger partial charge in [-0.3, -0.25) is 0 Å². The van der Waals surface area contributed by atoms with Gasteiger partial charge in [-0.1, -0.05) is 12.1 Å². The first-order chi connectivity index (χ1) is 9.15. The molecule has 1 aromatic rings. The maximum absolute atomic E-state index is 13.1. The highest BCUT2D eigenvalue weighted by Gasteiger charge is 2.21. The van der Waals surface area contributed by atoms with Gasteiger partial charge in [-0.05, 0) is 76.5 Å². The summed E-state index contributed by atoms with van der Waals surface area (Å²) in [7, 11) is 2.19. The van der Waals surface area contributed by atoms with Crippen molar-refractivity contribution in [3.8, 4) is 0 Å². The average molecular weight is 264 g/mol. The van der Waals surface area contributed by atoms with Crippen LogP contribution in [0.5, 0.6) is 0 Å². The van der Waals surface area contributed by atoms with Gasteiger partial charge in [0.2, 0.25) is 0 Å². The zero-order valence-corrected chi connectivity index (χ0v) is 12.0. The quantitative estimate of drug-likeness (QED) is 0.879. The third-order valence-corrected chi connectivity index (χ3v) is 4.24. The molecule has 1 aliphatic heterocycles. The highest BCUT2D eigenvalue weighted by molar-refractivity contribution is 5.16. The van der Waals surface area contributed by atoms with Gasteiger partial charge in [-0.2, -0.15) is 0 Å². The number of nitrogens with one attached hydrogen (secondary N) is 1. The fraction of sp³-hybridized carbons (Fsp3) is 0.625. The zero-order valence-electron chi connectivity index (χ0n) is 12.0. The first kappa shape index (κ1) is 14.5. The Balaban J connectivity index is 1.70. The molecular weight excluding hydrogens is 239 g/mol. The van der Waals surface area contributed by atoms with Crippen LogP contribution in [0.4, 0.5) is 4.39 Å². The molecule has 1 N–H and O–H groups in total. The van der Waals surface area contributed by atoms with E-state index in [0.717, 1.165) is 24.4 Å². The topological polar surface area (TPSA) is 15.3 Å². The van der Waals surface area contributed by atoms with Crippen LogP contribution in [0.15, 0.2) is 24.3 Å². The lowest BCUT2D eigenvalue weighted by Crippen LogP contribution is -2.41. The van der Waals surface area contributed by atoms with Crippen LogP contribution in [-0.2, 0) is 6.42 Å². The summed E-state index contributed by atoms with van der Waals surface area (Å²) in [6.07, 6.45) is 3.46. The molecule has 0 radical (unpaired) electrons. The van der Waals surface area contributed by atoms with Crippen LogP contribution in [0, 0.1) is 11.7 Å². The molecule has 1 aromatic carbocycles. The van der Waals surface area contributed by atoms with Gasteiger partial charge < -0.3 is 10.2 Å². The van der Waals surface area contributed by atoms with Crippen molar-refractivity contribution in [1.29, 1.82) is 0 Å². The van der Waals surface area contributed by atoms with E-state index in [1.807, 2.05) is 6.07 Å². The first-order valence-electron chi connectivity index (χ1n) is 7.31. The van der Waals surface area contributed by atoms with Crippen LogP contribution in [0.3, 0.4) is 0 Å². The SMILES string of the molecule is CC(NCCc1cccc(F)c1)C1CCN(C)CC1. The van der Waals surface area contributed by atoms with Crippen molar-refractivity contribution in [3.05, 3.63) is 35.6 Å². The predicted molar refractivity (Wildman–Crippen MR) is 77.8 cm³/mol. The molecule has 0 bridgehead atoms. The molecule has 19 heavy (non-hydrogen) atoms. The fourth-order valence-electron chi connectivity index (χ4n) is 2.83. The fourth-order valence-corrected chi connectivity index (χ4v) is 2.83. The number of hydrogen-bond donors (Lipinski definition) is 1. The Hall–Kier alpha value is -0.930. The summed E-state index contributed by atoms with van der Waals surface area (Å²) in [4.78, 5) is 2.40. The Labute approximate surface area is 116 Å². The Bertz CT molecular complexity index is 386. The van der Waals surface area contributed by atoms with Crippen LogP contribution in [0.25, 0.3) is 0 Å². The number of halogens is 1. The van der Waals surface area contributed by atoms with Crippen molar-refractivity contribution in [1.82, 2.24) is 10.2 Å². The van der Waals surface area contributed by atoms with E-state index < -0.39 is 0 Å². The molecule has 0 spiro atoms. The van der Waals surface area contributed by atoms with Crippen LogP contribution in [-0.4, -0.2) is 37.6 Å². The second-order valence-corrected chi connectivity index (χ2v) is 5.76. The van der Waals surface area contributed by atoms with E-state index in [2.05, 4.69) is 24.2 Å².